The second-order valence-electron chi connectivity index (χ2n) is 4.11. The fraction of sp³-hybridized carbons (Fsp3) is 0.286. The first-order valence-electron chi connectivity index (χ1n) is 6.11. The predicted octanol–water partition coefficient (Wildman–Crippen LogP) is 2.43. The lowest BCUT2D eigenvalue weighted by molar-refractivity contribution is 0.511. The minimum absolute atomic E-state index is 0.983. The van der Waals surface area contributed by atoms with Gasteiger partial charge in [-0.2, -0.15) is 0 Å². The van der Waals surface area contributed by atoms with Crippen LogP contribution < -0.4 is 10.6 Å². The van der Waals surface area contributed by atoms with E-state index >= 15 is 0 Å². The molecule has 0 aliphatic rings. The zero-order valence-electron chi connectivity index (χ0n) is 10.5. The molecule has 2 aromatic rings. The second kappa shape index (κ2) is 5.20. The fourth-order valence-corrected chi connectivity index (χ4v) is 5.42. The van der Waals surface area contributed by atoms with Crippen molar-refractivity contribution < 1.29 is 0 Å². The lowest BCUT2D eigenvalue weighted by Gasteiger charge is -2.51. The maximum atomic E-state index is 6.83. The lowest BCUT2D eigenvalue weighted by Crippen LogP contribution is -2.36. The first kappa shape index (κ1) is 12.6. The van der Waals surface area contributed by atoms with E-state index in [9.17, 15) is 0 Å². The highest BCUT2D eigenvalue weighted by Crippen LogP contribution is 2.54. The summed E-state index contributed by atoms with van der Waals surface area (Å²) in [6, 6.07) is 16.9. The molecular weight excluding hydrogens is 224 g/mol. The summed E-state index contributed by atoms with van der Waals surface area (Å²) >= 11 is 0. The van der Waals surface area contributed by atoms with Gasteiger partial charge in [-0.3, -0.25) is 7.57 Å². The van der Waals surface area contributed by atoms with Crippen LogP contribution in [0.5, 0.6) is 0 Å². The maximum Gasteiger partial charge on any atom is 0.0240 e. The normalized spacial score (nSPS) is 12.2. The summed E-state index contributed by atoms with van der Waals surface area (Å²) in [4.78, 5) is 0. The molecule has 0 aromatic heterocycles. The van der Waals surface area contributed by atoms with Gasteiger partial charge in [-0.25, -0.2) is 36.2 Å². The summed E-state index contributed by atoms with van der Waals surface area (Å²) < 4.78 is 2.40. The minimum atomic E-state index is -1.86. The van der Waals surface area contributed by atoms with E-state index in [2.05, 4.69) is 67.0 Å². The van der Waals surface area contributed by atoms with Crippen LogP contribution >= 0.6 is 7.29 Å². The van der Waals surface area contributed by atoms with Gasteiger partial charge < -0.3 is 0 Å². The van der Waals surface area contributed by atoms with Crippen molar-refractivity contribution in [1.29, 1.82) is 0 Å². The van der Waals surface area contributed by atoms with Gasteiger partial charge in [0.25, 0.3) is 0 Å². The summed E-state index contributed by atoms with van der Waals surface area (Å²) in [6.07, 6.45) is 0. The average Bonchev–Trinajstić information content (AvgIpc) is 3.04. The van der Waals surface area contributed by atoms with Crippen molar-refractivity contribution >= 4 is 25.5 Å². The Labute approximate surface area is 106 Å². The first-order valence-corrected chi connectivity index (χ1v) is 7.92. The third kappa shape index (κ3) is 2.12. The average molecular weight is 242 g/mol. The Morgan fingerprint density at radius 2 is 1.24 bits per heavy atom. The van der Waals surface area contributed by atoms with E-state index in [0.717, 1.165) is 13.1 Å². The van der Waals surface area contributed by atoms with Crippen LogP contribution in [0, 0.1) is 0 Å². The molecular formula is C14H18BNP-2. The Morgan fingerprint density at radius 1 is 0.882 bits per heavy atom. The Kier molecular flexibility index (Phi) is 3.86. The quantitative estimate of drug-likeness (QED) is 0.442. The van der Waals surface area contributed by atoms with Crippen molar-refractivity contribution in [3.8, 4) is 0 Å². The van der Waals surface area contributed by atoms with E-state index in [1.54, 1.807) is 0 Å². The minimum Gasteiger partial charge on any atom is -0.298 e. The first-order chi connectivity index (χ1) is 8.23. The molecule has 0 aliphatic heterocycles. The molecule has 0 aliphatic carbocycles. The van der Waals surface area contributed by atoms with Crippen LogP contribution in [0.1, 0.15) is 13.8 Å². The van der Waals surface area contributed by atoms with Gasteiger partial charge >= 0.3 is 0 Å². The van der Waals surface area contributed by atoms with Crippen molar-refractivity contribution in [3.05, 3.63) is 48.5 Å². The summed E-state index contributed by atoms with van der Waals surface area (Å²) in [5.41, 5.74) is 0. The van der Waals surface area contributed by atoms with Crippen molar-refractivity contribution in [3.63, 3.8) is 0 Å². The van der Waals surface area contributed by atoms with Crippen LogP contribution in [0.3, 0.4) is 0 Å². The molecule has 3 radical (unpaired) electrons. The molecule has 0 heterocycles. The molecule has 0 saturated heterocycles. The molecule has 0 atom stereocenters. The third-order valence-electron chi connectivity index (χ3n) is 3.25. The number of hydrogen-bond acceptors (Lipinski definition) is 1. The molecule has 89 valence electrons. The summed E-state index contributed by atoms with van der Waals surface area (Å²) in [6.45, 7) is 6.32. The molecule has 2 aromatic carbocycles. The molecule has 1 nitrogen and oxygen atoms in total. The van der Waals surface area contributed by atoms with Gasteiger partial charge in [0.05, 0.1) is 0 Å². The summed E-state index contributed by atoms with van der Waals surface area (Å²) in [7, 11) is 4.98. The Hall–Kier alpha value is -0.845. The van der Waals surface area contributed by atoms with Gasteiger partial charge in [-0.1, -0.05) is 10.6 Å². The van der Waals surface area contributed by atoms with E-state index in [4.69, 9.17) is 7.57 Å². The Bertz CT molecular complexity index is 395. The van der Waals surface area contributed by atoms with Crippen LogP contribution in [-0.2, 0) is 0 Å². The SMILES string of the molecule is [B-][P+]([c-]1cccc1)([c-]1cccc1)N(CC)CC. The molecule has 0 bridgehead atoms. The Balaban J connectivity index is 2.50. The van der Waals surface area contributed by atoms with Gasteiger partial charge in [0.15, 0.2) is 0 Å². The zero-order chi connectivity index (χ0) is 12.3. The molecule has 2 rings (SSSR count). The van der Waals surface area contributed by atoms with Gasteiger partial charge in [0, 0.05) is 13.1 Å². The van der Waals surface area contributed by atoms with E-state index in [0.29, 0.717) is 0 Å². The zero-order valence-corrected chi connectivity index (χ0v) is 11.4. The summed E-state index contributed by atoms with van der Waals surface area (Å²) in [5, 5.41) is 2.54. The molecule has 0 saturated carbocycles. The van der Waals surface area contributed by atoms with E-state index in [1.165, 1.54) is 10.6 Å². The van der Waals surface area contributed by atoms with E-state index in [-0.39, 0.29) is 0 Å². The van der Waals surface area contributed by atoms with Crippen LogP contribution in [0.15, 0.2) is 48.5 Å². The predicted molar refractivity (Wildman–Crippen MR) is 78.9 cm³/mol. The third-order valence-corrected chi connectivity index (χ3v) is 6.88. The van der Waals surface area contributed by atoms with Crippen molar-refractivity contribution in [2.75, 3.05) is 13.1 Å². The highest BCUT2D eigenvalue weighted by Gasteiger charge is 2.22. The number of rotatable bonds is 5. The lowest BCUT2D eigenvalue weighted by atomic mass is 10.6. The van der Waals surface area contributed by atoms with Gasteiger partial charge in [0.2, 0.25) is 0 Å². The van der Waals surface area contributed by atoms with Crippen molar-refractivity contribution in [2.45, 2.75) is 13.8 Å². The second-order valence-corrected chi connectivity index (χ2v) is 7.08. The highest BCUT2D eigenvalue weighted by atomic mass is 31.2. The molecule has 17 heavy (non-hydrogen) atoms. The highest BCUT2D eigenvalue weighted by molar-refractivity contribution is 8.06. The van der Waals surface area contributed by atoms with Crippen LogP contribution in [0.25, 0.3) is 0 Å². The summed E-state index contributed by atoms with van der Waals surface area (Å²) in [5.74, 6) is 0. The molecule has 0 spiro atoms. The largest absolute Gasteiger partial charge is 0.298 e. The maximum absolute atomic E-state index is 6.83. The van der Waals surface area contributed by atoms with Crippen molar-refractivity contribution in [1.82, 2.24) is 4.67 Å². The smallest absolute Gasteiger partial charge is 0.0240 e. The molecule has 0 unspecified atom stereocenters. The monoisotopic (exact) mass is 242 g/mol. The molecule has 3 heteroatoms. The molecule has 0 fully saturated rings. The van der Waals surface area contributed by atoms with Crippen LogP contribution in [0.2, 0.25) is 0 Å². The number of hydrogen-bond donors (Lipinski definition) is 0. The molecule has 0 N–H and O–H groups in total. The van der Waals surface area contributed by atoms with E-state index in [1.807, 2.05) is 0 Å². The van der Waals surface area contributed by atoms with Crippen LogP contribution in [0.4, 0.5) is 0 Å². The molecule has 0 amide bonds. The van der Waals surface area contributed by atoms with Crippen molar-refractivity contribution in [2.24, 2.45) is 0 Å². The van der Waals surface area contributed by atoms with E-state index < -0.39 is 7.29 Å². The standard InChI is InChI=1S/C14H18BNP/c1-3-16(4-2)17(15,13-9-5-6-10-13)14-11-7-8-12-14/h5-12H,3-4H2,1-2H3/q-2. The van der Waals surface area contributed by atoms with Crippen LogP contribution in [-0.4, -0.2) is 25.3 Å². The van der Waals surface area contributed by atoms with Gasteiger partial charge in [-0.15, -0.1) is 24.3 Å². The van der Waals surface area contributed by atoms with Gasteiger partial charge in [0.1, 0.15) is 0 Å². The fourth-order valence-electron chi connectivity index (χ4n) is 2.33. The Morgan fingerprint density at radius 3 is 1.53 bits per heavy atom. The topological polar surface area (TPSA) is 3.24 Å². The van der Waals surface area contributed by atoms with Gasteiger partial charge in [-0.05, 0) is 13.8 Å². The number of nitrogens with zero attached hydrogens (tertiary/aromatic N) is 1.